The maximum atomic E-state index is 13.0. The lowest BCUT2D eigenvalue weighted by Crippen LogP contribution is -2.40. The van der Waals surface area contributed by atoms with Gasteiger partial charge in [-0.1, -0.05) is 12.1 Å². The fourth-order valence-corrected chi connectivity index (χ4v) is 4.02. The molecule has 0 atom stereocenters. The number of carbonyl (C=O) groups is 2. The third-order valence-corrected chi connectivity index (χ3v) is 5.80. The molecule has 1 aromatic carbocycles. The molecule has 0 fully saturated rings. The average molecular weight is 416 g/mol. The van der Waals surface area contributed by atoms with Crippen molar-refractivity contribution in [1.82, 2.24) is 19.8 Å². The van der Waals surface area contributed by atoms with E-state index in [0.29, 0.717) is 27.2 Å². The van der Waals surface area contributed by atoms with Gasteiger partial charge in [0.15, 0.2) is 0 Å². The van der Waals surface area contributed by atoms with Crippen molar-refractivity contribution >= 4 is 33.4 Å². The topological polar surface area (TPSA) is 84.3 Å². The quantitative estimate of drug-likeness (QED) is 0.668. The molecule has 0 unspecified atom stereocenters. The Balaban J connectivity index is 1.73. The Kier molecular flexibility index (Phi) is 6.07. The number of thiophene rings is 1. The van der Waals surface area contributed by atoms with E-state index >= 15 is 0 Å². The first kappa shape index (κ1) is 20.7. The van der Waals surface area contributed by atoms with E-state index < -0.39 is 0 Å². The number of rotatable bonds is 6. The lowest BCUT2D eigenvalue weighted by molar-refractivity contribution is -0.121. The molecule has 2 heterocycles. The fourth-order valence-electron chi connectivity index (χ4n) is 2.92. The third-order valence-electron chi connectivity index (χ3n) is 4.61. The second kappa shape index (κ2) is 8.52. The van der Waals surface area contributed by atoms with Crippen LogP contribution in [0.1, 0.15) is 27.7 Å². The van der Waals surface area contributed by atoms with Crippen LogP contribution in [0.5, 0.6) is 0 Å². The number of nitrogens with zero attached hydrogens (tertiary/aromatic N) is 3. The normalized spacial score (nSPS) is 10.9. The van der Waals surface area contributed by atoms with Crippen LogP contribution in [0.4, 0.5) is 4.39 Å². The Morgan fingerprint density at radius 3 is 2.62 bits per heavy atom. The molecule has 2 aromatic heterocycles. The molecule has 0 aliphatic heterocycles. The van der Waals surface area contributed by atoms with Gasteiger partial charge in [-0.15, -0.1) is 11.3 Å². The van der Waals surface area contributed by atoms with E-state index in [4.69, 9.17) is 0 Å². The van der Waals surface area contributed by atoms with Crippen molar-refractivity contribution < 1.29 is 14.0 Å². The lowest BCUT2D eigenvalue weighted by atomic mass is 10.2. The first-order valence-corrected chi connectivity index (χ1v) is 9.88. The van der Waals surface area contributed by atoms with E-state index in [9.17, 15) is 18.8 Å². The summed E-state index contributed by atoms with van der Waals surface area (Å²) in [7, 11) is 1.61. The van der Waals surface area contributed by atoms with Gasteiger partial charge in [-0.25, -0.2) is 9.37 Å². The largest absolute Gasteiger partial charge is 0.350 e. The molecule has 0 aliphatic carbocycles. The number of aromatic nitrogens is 2. The van der Waals surface area contributed by atoms with Gasteiger partial charge in [-0.05, 0) is 37.1 Å². The SMILES string of the molecule is CCN(CC(=O)NCc1ccc(F)cc1)C(=O)c1sc2ncn(C)c(=O)c2c1C. The van der Waals surface area contributed by atoms with Crippen LogP contribution in [-0.4, -0.2) is 39.4 Å². The first-order valence-electron chi connectivity index (χ1n) is 9.07. The van der Waals surface area contributed by atoms with Gasteiger partial charge in [-0.2, -0.15) is 0 Å². The fraction of sp³-hybridized carbons (Fsp3) is 0.300. The second-order valence-corrected chi connectivity index (χ2v) is 7.62. The molecule has 0 spiro atoms. The Bertz CT molecular complexity index is 1120. The predicted molar refractivity (Wildman–Crippen MR) is 109 cm³/mol. The van der Waals surface area contributed by atoms with Crippen molar-refractivity contribution in [2.75, 3.05) is 13.1 Å². The number of likely N-dealkylation sites (N-methyl/N-ethyl adjacent to an activating group) is 1. The molecule has 29 heavy (non-hydrogen) atoms. The van der Waals surface area contributed by atoms with Gasteiger partial charge in [0.2, 0.25) is 5.91 Å². The van der Waals surface area contributed by atoms with Crippen molar-refractivity contribution in [3.63, 3.8) is 0 Å². The zero-order chi connectivity index (χ0) is 21.1. The number of aryl methyl sites for hydroxylation is 2. The van der Waals surface area contributed by atoms with Crippen molar-refractivity contribution in [2.45, 2.75) is 20.4 Å². The number of hydrogen-bond acceptors (Lipinski definition) is 5. The van der Waals surface area contributed by atoms with Crippen LogP contribution >= 0.6 is 11.3 Å². The minimum absolute atomic E-state index is 0.115. The highest BCUT2D eigenvalue weighted by molar-refractivity contribution is 7.20. The van der Waals surface area contributed by atoms with Gasteiger partial charge in [0.25, 0.3) is 11.5 Å². The number of nitrogens with one attached hydrogen (secondary N) is 1. The molecular weight excluding hydrogens is 395 g/mol. The molecular formula is C20H21FN4O3S. The van der Waals surface area contributed by atoms with E-state index in [1.54, 1.807) is 33.0 Å². The van der Waals surface area contributed by atoms with Gasteiger partial charge >= 0.3 is 0 Å². The molecule has 0 radical (unpaired) electrons. The monoisotopic (exact) mass is 416 g/mol. The van der Waals surface area contributed by atoms with Crippen molar-refractivity contribution in [2.24, 2.45) is 7.05 Å². The van der Waals surface area contributed by atoms with Crippen molar-refractivity contribution in [3.05, 3.63) is 62.8 Å². The molecule has 0 aliphatic rings. The first-order chi connectivity index (χ1) is 13.8. The Morgan fingerprint density at radius 1 is 1.28 bits per heavy atom. The van der Waals surface area contributed by atoms with Crippen LogP contribution in [0, 0.1) is 12.7 Å². The molecule has 152 valence electrons. The van der Waals surface area contributed by atoms with Gasteiger partial charge < -0.3 is 14.8 Å². The van der Waals surface area contributed by atoms with E-state index in [0.717, 1.165) is 16.9 Å². The van der Waals surface area contributed by atoms with Crippen LogP contribution in [0.3, 0.4) is 0 Å². The molecule has 9 heteroatoms. The zero-order valence-electron chi connectivity index (χ0n) is 16.4. The van der Waals surface area contributed by atoms with Crippen molar-refractivity contribution in [1.29, 1.82) is 0 Å². The molecule has 3 rings (SSSR count). The highest BCUT2D eigenvalue weighted by atomic mass is 32.1. The van der Waals surface area contributed by atoms with Crippen molar-refractivity contribution in [3.8, 4) is 0 Å². The van der Waals surface area contributed by atoms with E-state index in [-0.39, 0.29) is 36.3 Å². The van der Waals surface area contributed by atoms with Crippen LogP contribution in [-0.2, 0) is 18.4 Å². The zero-order valence-corrected chi connectivity index (χ0v) is 17.2. The Morgan fingerprint density at radius 2 is 1.97 bits per heavy atom. The van der Waals surface area contributed by atoms with Gasteiger partial charge in [-0.3, -0.25) is 14.4 Å². The van der Waals surface area contributed by atoms with E-state index in [1.165, 1.54) is 27.9 Å². The van der Waals surface area contributed by atoms with Crippen LogP contribution in [0.2, 0.25) is 0 Å². The maximum Gasteiger partial charge on any atom is 0.264 e. The summed E-state index contributed by atoms with van der Waals surface area (Å²) in [6.45, 7) is 3.97. The van der Waals surface area contributed by atoms with Crippen LogP contribution in [0.15, 0.2) is 35.4 Å². The number of fused-ring (bicyclic) bond motifs is 1. The Labute approximate surface area is 170 Å². The summed E-state index contributed by atoms with van der Waals surface area (Å²) in [5.74, 6) is -0.977. The van der Waals surface area contributed by atoms with Crippen LogP contribution in [0.25, 0.3) is 10.2 Å². The summed E-state index contributed by atoms with van der Waals surface area (Å²) in [4.78, 5) is 44.2. The smallest absolute Gasteiger partial charge is 0.264 e. The molecule has 2 amide bonds. The van der Waals surface area contributed by atoms with Gasteiger partial charge in [0.05, 0.1) is 23.1 Å². The standard InChI is InChI=1S/C20H21FN4O3S/c1-4-25(10-15(26)22-9-13-5-7-14(21)8-6-13)20(28)17-12(2)16-18(29-17)23-11-24(3)19(16)27/h5-8,11H,4,9-10H2,1-3H3,(H,22,26). The molecule has 0 saturated heterocycles. The highest BCUT2D eigenvalue weighted by Crippen LogP contribution is 2.27. The third kappa shape index (κ3) is 4.34. The minimum Gasteiger partial charge on any atom is -0.350 e. The average Bonchev–Trinajstić information content (AvgIpc) is 3.05. The maximum absolute atomic E-state index is 13.0. The summed E-state index contributed by atoms with van der Waals surface area (Å²) < 4.78 is 14.3. The number of carbonyl (C=O) groups excluding carboxylic acids is 2. The highest BCUT2D eigenvalue weighted by Gasteiger charge is 2.24. The Hall–Kier alpha value is -3.07. The number of amides is 2. The van der Waals surface area contributed by atoms with E-state index in [1.807, 2.05) is 0 Å². The second-order valence-electron chi connectivity index (χ2n) is 6.62. The summed E-state index contributed by atoms with van der Waals surface area (Å²) in [6, 6.07) is 5.83. The summed E-state index contributed by atoms with van der Waals surface area (Å²) >= 11 is 1.15. The van der Waals surface area contributed by atoms with E-state index in [2.05, 4.69) is 10.3 Å². The number of benzene rings is 1. The van der Waals surface area contributed by atoms with Crippen LogP contribution < -0.4 is 10.9 Å². The van der Waals surface area contributed by atoms with Gasteiger partial charge in [0.1, 0.15) is 10.6 Å². The molecule has 0 bridgehead atoms. The predicted octanol–water partition coefficient (Wildman–Crippen LogP) is 2.22. The summed E-state index contributed by atoms with van der Waals surface area (Å²) in [5.41, 5.74) is 1.13. The molecule has 7 nitrogen and oxygen atoms in total. The molecule has 3 aromatic rings. The molecule has 1 N–H and O–H groups in total. The lowest BCUT2D eigenvalue weighted by Gasteiger charge is -2.20. The molecule has 0 saturated carbocycles. The summed E-state index contributed by atoms with van der Waals surface area (Å²) in [5, 5.41) is 3.16. The number of halogens is 1. The summed E-state index contributed by atoms with van der Waals surface area (Å²) in [6.07, 6.45) is 1.43. The minimum atomic E-state index is -0.342. The number of hydrogen-bond donors (Lipinski definition) is 1. The van der Waals surface area contributed by atoms with Gasteiger partial charge in [0, 0.05) is 20.1 Å².